The average molecular weight is 274 g/mol. The highest BCUT2D eigenvalue weighted by molar-refractivity contribution is 5.49. The molecule has 0 saturated carbocycles. The Balaban J connectivity index is 3.78. The summed E-state index contributed by atoms with van der Waals surface area (Å²) < 4.78 is 0. The molecule has 20 heavy (non-hydrogen) atoms. The first kappa shape index (κ1) is 17.3. The first-order valence-corrected chi connectivity index (χ1v) is 8.05. The molecule has 0 N–H and O–H groups in total. The van der Waals surface area contributed by atoms with Crippen molar-refractivity contribution in [2.75, 3.05) is 0 Å². The Morgan fingerprint density at radius 2 is 0.850 bits per heavy atom. The van der Waals surface area contributed by atoms with Gasteiger partial charge in [0.15, 0.2) is 0 Å². The molecule has 0 spiro atoms. The van der Waals surface area contributed by atoms with Gasteiger partial charge in [0, 0.05) is 0 Å². The molecule has 0 amide bonds. The van der Waals surface area contributed by atoms with Gasteiger partial charge in [0.1, 0.15) is 0 Å². The summed E-state index contributed by atoms with van der Waals surface area (Å²) in [5, 5.41) is 0. The van der Waals surface area contributed by atoms with E-state index in [-0.39, 0.29) is 10.8 Å². The molecule has 0 heterocycles. The zero-order valence-corrected chi connectivity index (χ0v) is 15.3. The van der Waals surface area contributed by atoms with Gasteiger partial charge in [-0.05, 0) is 44.9 Å². The summed E-state index contributed by atoms with van der Waals surface area (Å²) in [7, 11) is 0. The molecule has 0 aromatic heterocycles. The summed E-state index contributed by atoms with van der Waals surface area (Å²) in [6, 6.07) is 4.75. The van der Waals surface area contributed by atoms with Gasteiger partial charge in [0.05, 0.1) is 0 Å². The van der Waals surface area contributed by atoms with Crippen molar-refractivity contribution in [2.45, 2.75) is 91.9 Å². The van der Waals surface area contributed by atoms with Crippen molar-refractivity contribution >= 4 is 0 Å². The maximum atomic E-state index is 2.38. The topological polar surface area (TPSA) is 0 Å². The minimum absolute atomic E-state index is 0.208. The quantitative estimate of drug-likeness (QED) is 0.575. The fourth-order valence-electron chi connectivity index (χ4n) is 3.19. The van der Waals surface area contributed by atoms with Crippen LogP contribution in [-0.4, -0.2) is 0 Å². The second-order valence-electron chi connectivity index (χ2n) is 8.80. The Kier molecular flexibility index (Phi) is 4.79. The molecule has 0 unspecified atom stereocenters. The Morgan fingerprint density at radius 3 is 1.00 bits per heavy atom. The van der Waals surface area contributed by atoms with E-state index in [1.165, 1.54) is 11.1 Å². The van der Waals surface area contributed by atoms with Gasteiger partial charge in [0.2, 0.25) is 0 Å². The molecule has 114 valence electrons. The number of hydrogen-bond acceptors (Lipinski definition) is 0. The predicted molar refractivity (Wildman–Crippen MR) is 92.0 cm³/mol. The Labute approximate surface area is 127 Å². The summed E-state index contributed by atoms with van der Waals surface area (Å²) in [4.78, 5) is 0. The van der Waals surface area contributed by atoms with E-state index in [9.17, 15) is 0 Å². The van der Waals surface area contributed by atoms with Crippen molar-refractivity contribution in [2.24, 2.45) is 0 Å². The summed E-state index contributed by atoms with van der Waals surface area (Å²) in [6.45, 7) is 23.3. The number of hydrogen-bond donors (Lipinski definition) is 0. The van der Waals surface area contributed by atoms with Crippen LogP contribution in [0.3, 0.4) is 0 Å². The van der Waals surface area contributed by atoms with E-state index < -0.39 is 0 Å². The maximum Gasteiger partial charge on any atom is -0.0129 e. The van der Waals surface area contributed by atoms with Gasteiger partial charge in [-0.25, -0.2) is 0 Å². The summed E-state index contributed by atoms with van der Waals surface area (Å²) in [5.74, 6) is 1.15. The average Bonchev–Trinajstić information content (AvgIpc) is 2.24. The van der Waals surface area contributed by atoms with Crippen molar-refractivity contribution in [1.29, 1.82) is 0 Å². The van der Waals surface area contributed by atoms with Crippen molar-refractivity contribution < 1.29 is 0 Å². The molecule has 0 aliphatic heterocycles. The normalized spacial score (nSPS) is 13.4. The molecule has 0 aliphatic carbocycles. The molecule has 0 nitrogen and oxygen atoms in total. The van der Waals surface area contributed by atoms with Crippen LogP contribution in [0.5, 0.6) is 0 Å². The van der Waals surface area contributed by atoms with Gasteiger partial charge in [-0.2, -0.15) is 0 Å². The van der Waals surface area contributed by atoms with Gasteiger partial charge in [-0.3, -0.25) is 0 Å². The molecule has 0 bridgehead atoms. The first-order valence-electron chi connectivity index (χ1n) is 8.05. The van der Waals surface area contributed by atoms with Crippen molar-refractivity contribution in [3.8, 4) is 0 Å². The molecular weight excluding hydrogens is 240 g/mol. The highest BCUT2D eigenvalue weighted by Gasteiger charge is 2.28. The van der Waals surface area contributed by atoms with E-state index in [1.54, 1.807) is 11.1 Å². The second-order valence-corrected chi connectivity index (χ2v) is 8.80. The van der Waals surface area contributed by atoms with Crippen LogP contribution in [0.1, 0.15) is 103 Å². The number of benzene rings is 1. The molecule has 1 rings (SSSR count). The fourth-order valence-corrected chi connectivity index (χ4v) is 3.19. The third-order valence-electron chi connectivity index (χ3n) is 4.06. The SMILES string of the molecule is CC(C)c1c(C(C)(C)C)ccc(C(C)(C)C)c1C(C)C. The van der Waals surface area contributed by atoms with E-state index in [2.05, 4.69) is 81.4 Å². The molecule has 1 aromatic carbocycles. The minimum atomic E-state index is 0.208. The predicted octanol–water partition coefficient (Wildman–Crippen LogP) is 6.53. The first-order chi connectivity index (χ1) is 8.87. The van der Waals surface area contributed by atoms with Crippen LogP contribution in [0.15, 0.2) is 12.1 Å². The Morgan fingerprint density at radius 1 is 0.600 bits per heavy atom. The molecule has 0 heteroatoms. The molecule has 0 radical (unpaired) electrons. The summed E-state index contributed by atoms with van der Waals surface area (Å²) in [5.41, 5.74) is 6.62. The van der Waals surface area contributed by atoms with Gasteiger partial charge in [0.25, 0.3) is 0 Å². The van der Waals surface area contributed by atoms with E-state index in [1.807, 2.05) is 0 Å². The summed E-state index contributed by atoms with van der Waals surface area (Å²) >= 11 is 0. The van der Waals surface area contributed by atoms with Crippen LogP contribution in [-0.2, 0) is 10.8 Å². The molecule has 0 fully saturated rings. The Bertz CT molecular complexity index is 417. The van der Waals surface area contributed by atoms with E-state index in [4.69, 9.17) is 0 Å². The third kappa shape index (κ3) is 3.45. The van der Waals surface area contributed by atoms with Crippen LogP contribution in [0.25, 0.3) is 0 Å². The van der Waals surface area contributed by atoms with Crippen LogP contribution >= 0.6 is 0 Å². The zero-order chi connectivity index (χ0) is 15.9. The van der Waals surface area contributed by atoms with Crippen LogP contribution in [0.2, 0.25) is 0 Å². The molecule has 1 aromatic rings. The van der Waals surface area contributed by atoms with Crippen molar-refractivity contribution in [1.82, 2.24) is 0 Å². The lowest BCUT2D eigenvalue weighted by atomic mass is 9.71. The van der Waals surface area contributed by atoms with E-state index >= 15 is 0 Å². The smallest absolute Gasteiger partial charge is 0.0129 e. The molecule has 0 saturated heterocycles. The van der Waals surface area contributed by atoms with Gasteiger partial charge in [-0.15, -0.1) is 0 Å². The minimum Gasteiger partial charge on any atom is -0.0587 e. The van der Waals surface area contributed by atoms with E-state index in [0.29, 0.717) is 11.8 Å². The van der Waals surface area contributed by atoms with Crippen LogP contribution in [0.4, 0.5) is 0 Å². The second kappa shape index (κ2) is 5.54. The molecular formula is C20H34. The highest BCUT2D eigenvalue weighted by atomic mass is 14.3. The van der Waals surface area contributed by atoms with Crippen molar-refractivity contribution in [3.63, 3.8) is 0 Å². The monoisotopic (exact) mass is 274 g/mol. The lowest BCUT2D eigenvalue weighted by Crippen LogP contribution is -2.22. The Hall–Kier alpha value is -0.780. The van der Waals surface area contributed by atoms with Gasteiger partial charge >= 0.3 is 0 Å². The maximum absolute atomic E-state index is 2.38. The number of rotatable bonds is 2. The van der Waals surface area contributed by atoms with Crippen LogP contribution < -0.4 is 0 Å². The summed E-state index contributed by atoms with van der Waals surface area (Å²) in [6.07, 6.45) is 0. The van der Waals surface area contributed by atoms with Crippen LogP contribution in [0, 0.1) is 0 Å². The largest absolute Gasteiger partial charge is 0.0587 e. The highest BCUT2D eigenvalue weighted by Crippen LogP contribution is 2.41. The molecule has 0 aliphatic rings. The fraction of sp³-hybridized carbons (Fsp3) is 0.700. The van der Waals surface area contributed by atoms with Gasteiger partial charge < -0.3 is 0 Å². The zero-order valence-electron chi connectivity index (χ0n) is 15.3. The van der Waals surface area contributed by atoms with E-state index in [0.717, 1.165) is 0 Å². The third-order valence-corrected chi connectivity index (χ3v) is 4.06. The van der Waals surface area contributed by atoms with Crippen molar-refractivity contribution in [3.05, 3.63) is 34.4 Å². The lowest BCUT2D eigenvalue weighted by molar-refractivity contribution is 0.551. The molecule has 0 atom stereocenters. The standard InChI is InChI=1S/C20H34/c1-13(2)17-15(19(5,6)7)11-12-16(20(8,9)10)18(17)14(3)4/h11-14H,1-10H3. The van der Waals surface area contributed by atoms with Gasteiger partial charge in [-0.1, -0.05) is 81.4 Å². The lowest BCUT2D eigenvalue weighted by Gasteiger charge is -2.33.